The first kappa shape index (κ1) is 14.6. The topological polar surface area (TPSA) is 34.9 Å². The molecule has 3 aromatic rings. The van der Waals surface area contributed by atoms with Crippen molar-refractivity contribution in [1.82, 2.24) is 9.55 Å². The zero-order valence-corrected chi connectivity index (χ0v) is 13.8. The van der Waals surface area contributed by atoms with Gasteiger partial charge in [-0.05, 0) is 46.3 Å². The first-order valence-corrected chi connectivity index (χ1v) is 7.84. The fourth-order valence-corrected chi connectivity index (χ4v) is 2.76. The second-order valence-corrected chi connectivity index (χ2v) is 5.95. The molecule has 0 amide bonds. The fourth-order valence-electron chi connectivity index (χ4n) is 2.16. The van der Waals surface area contributed by atoms with Crippen LogP contribution in [0.3, 0.4) is 0 Å². The van der Waals surface area contributed by atoms with Crippen molar-refractivity contribution < 1.29 is 0 Å². The Labute approximate surface area is 139 Å². The summed E-state index contributed by atoms with van der Waals surface area (Å²) in [6.45, 7) is 0. The summed E-state index contributed by atoms with van der Waals surface area (Å²) < 4.78 is 2.26. The van der Waals surface area contributed by atoms with Crippen LogP contribution in [0.25, 0.3) is 16.6 Å². The van der Waals surface area contributed by atoms with Gasteiger partial charge in [-0.15, -0.1) is 11.6 Å². The highest BCUT2D eigenvalue weighted by atomic mass is 79.9. The molecule has 0 radical (unpaired) electrons. The zero-order chi connectivity index (χ0) is 15.0. The van der Waals surface area contributed by atoms with Crippen molar-refractivity contribution >= 4 is 50.0 Å². The van der Waals surface area contributed by atoms with E-state index in [2.05, 4.69) is 20.9 Å². The van der Waals surface area contributed by atoms with E-state index in [9.17, 15) is 4.79 Å². The molecule has 0 aliphatic heterocycles. The van der Waals surface area contributed by atoms with Crippen molar-refractivity contribution in [1.29, 1.82) is 0 Å². The number of para-hydroxylation sites is 1. The van der Waals surface area contributed by atoms with Gasteiger partial charge in [0.25, 0.3) is 5.56 Å². The number of rotatable bonds is 2. The summed E-state index contributed by atoms with van der Waals surface area (Å²) in [6.07, 6.45) is 0. The van der Waals surface area contributed by atoms with E-state index in [0.717, 1.165) is 4.47 Å². The van der Waals surface area contributed by atoms with E-state index >= 15 is 0 Å². The summed E-state index contributed by atoms with van der Waals surface area (Å²) >= 11 is 15.4. The number of fused-ring (bicyclic) bond motifs is 1. The van der Waals surface area contributed by atoms with E-state index in [4.69, 9.17) is 23.2 Å². The molecule has 0 unspecified atom stereocenters. The van der Waals surface area contributed by atoms with Gasteiger partial charge in [0.2, 0.25) is 0 Å². The highest BCUT2D eigenvalue weighted by Crippen LogP contribution is 2.25. The molecule has 2 aromatic carbocycles. The van der Waals surface area contributed by atoms with Gasteiger partial charge >= 0.3 is 0 Å². The van der Waals surface area contributed by atoms with Gasteiger partial charge in [-0.2, -0.15) is 0 Å². The molecule has 6 heteroatoms. The number of hydrogen-bond donors (Lipinski definition) is 0. The Balaban J connectivity index is 2.37. The Bertz CT molecular complexity index is 892. The highest BCUT2D eigenvalue weighted by Gasteiger charge is 2.12. The van der Waals surface area contributed by atoms with E-state index in [-0.39, 0.29) is 11.4 Å². The van der Waals surface area contributed by atoms with Crippen LogP contribution in [0.1, 0.15) is 5.82 Å². The lowest BCUT2D eigenvalue weighted by Gasteiger charge is -2.12. The molecule has 1 heterocycles. The molecule has 3 nitrogen and oxygen atoms in total. The van der Waals surface area contributed by atoms with Gasteiger partial charge in [0.15, 0.2) is 0 Å². The lowest BCUT2D eigenvalue weighted by molar-refractivity contribution is 0.881. The minimum Gasteiger partial charge on any atom is -0.268 e. The molecular weight excluding hydrogens is 375 g/mol. The summed E-state index contributed by atoms with van der Waals surface area (Å²) in [4.78, 5) is 17.2. The molecule has 0 bridgehead atoms. The molecule has 3 rings (SSSR count). The van der Waals surface area contributed by atoms with Gasteiger partial charge in [0, 0.05) is 4.47 Å². The van der Waals surface area contributed by atoms with Crippen LogP contribution in [0.4, 0.5) is 0 Å². The van der Waals surface area contributed by atoms with Crippen LogP contribution < -0.4 is 5.56 Å². The fraction of sp³-hybridized carbons (Fsp3) is 0.0667. The van der Waals surface area contributed by atoms with Crippen LogP contribution in [0.2, 0.25) is 5.02 Å². The quantitative estimate of drug-likeness (QED) is 0.609. The van der Waals surface area contributed by atoms with Gasteiger partial charge in [-0.3, -0.25) is 9.36 Å². The largest absolute Gasteiger partial charge is 0.268 e. The highest BCUT2D eigenvalue weighted by molar-refractivity contribution is 9.10. The monoisotopic (exact) mass is 382 g/mol. The summed E-state index contributed by atoms with van der Waals surface area (Å²) in [5, 5.41) is 1.07. The third kappa shape index (κ3) is 2.59. The van der Waals surface area contributed by atoms with Crippen LogP contribution in [-0.2, 0) is 5.88 Å². The molecule has 106 valence electrons. The number of nitrogens with zero attached hydrogens (tertiary/aromatic N) is 2. The summed E-state index contributed by atoms with van der Waals surface area (Å²) in [5.41, 5.74) is 1.12. The third-order valence-electron chi connectivity index (χ3n) is 3.13. The van der Waals surface area contributed by atoms with Crippen molar-refractivity contribution in [3.63, 3.8) is 0 Å². The Kier molecular flexibility index (Phi) is 4.02. The van der Waals surface area contributed by atoms with Gasteiger partial charge in [-0.25, -0.2) is 4.98 Å². The van der Waals surface area contributed by atoms with Gasteiger partial charge in [0.05, 0.1) is 27.5 Å². The van der Waals surface area contributed by atoms with E-state index in [0.29, 0.717) is 27.4 Å². The van der Waals surface area contributed by atoms with Crippen molar-refractivity contribution in [3.05, 3.63) is 68.1 Å². The number of hydrogen-bond acceptors (Lipinski definition) is 2. The van der Waals surface area contributed by atoms with E-state index < -0.39 is 0 Å². The van der Waals surface area contributed by atoms with E-state index in [1.807, 2.05) is 12.1 Å². The van der Waals surface area contributed by atoms with Crippen molar-refractivity contribution in [3.8, 4) is 5.69 Å². The number of halogens is 3. The predicted molar refractivity (Wildman–Crippen MR) is 89.6 cm³/mol. The normalized spacial score (nSPS) is 11.0. The Morgan fingerprint density at radius 1 is 1.19 bits per heavy atom. The minimum absolute atomic E-state index is 0.133. The maximum absolute atomic E-state index is 12.7. The maximum atomic E-state index is 12.7. The SMILES string of the molecule is O=c1c2ccccc2nc(CCl)n1-c1ccc(Br)c(Cl)c1. The molecule has 0 N–H and O–H groups in total. The number of benzene rings is 2. The van der Waals surface area contributed by atoms with E-state index in [1.54, 1.807) is 30.3 Å². The molecule has 0 aliphatic rings. The second kappa shape index (κ2) is 5.79. The maximum Gasteiger partial charge on any atom is 0.266 e. The molecular formula is C15H9BrCl2N2O. The lowest BCUT2D eigenvalue weighted by Crippen LogP contribution is -2.23. The van der Waals surface area contributed by atoms with Crippen LogP contribution >= 0.6 is 39.1 Å². The second-order valence-electron chi connectivity index (χ2n) is 4.42. The van der Waals surface area contributed by atoms with Crippen LogP contribution in [0.15, 0.2) is 51.7 Å². The van der Waals surface area contributed by atoms with Crippen LogP contribution in [0.5, 0.6) is 0 Å². The smallest absolute Gasteiger partial charge is 0.266 e. The lowest BCUT2D eigenvalue weighted by atomic mass is 10.2. The summed E-state index contributed by atoms with van der Waals surface area (Å²) in [6, 6.07) is 12.5. The molecule has 0 saturated heterocycles. The average molecular weight is 384 g/mol. The zero-order valence-electron chi connectivity index (χ0n) is 10.7. The summed E-state index contributed by atoms with van der Waals surface area (Å²) in [5.74, 6) is 0.618. The molecule has 1 aromatic heterocycles. The van der Waals surface area contributed by atoms with Gasteiger partial charge in [0.1, 0.15) is 5.82 Å². The predicted octanol–water partition coefficient (Wildman–Crippen LogP) is 4.54. The average Bonchev–Trinajstić information content (AvgIpc) is 2.50. The molecule has 0 atom stereocenters. The van der Waals surface area contributed by atoms with E-state index in [1.165, 1.54) is 4.57 Å². The number of alkyl halides is 1. The van der Waals surface area contributed by atoms with Crippen molar-refractivity contribution in [2.24, 2.45) is 0 Å². The van der Waals surface area contributed by atoms with Gasteiger partial charge < -0.3 is 0 Å². The molecule has 0 aliphatic carbocycles. The van der Waals surface area contributed by atoms with Gasteiger partial charge in [-0.1, -0.05) is 23.7 Å². The Hall–Kier alpha value is -1.36. The van der Waals surface area contributed by atoms with Crippen molar-refractivity contribution in [2.75, 3.05) is 0 Å². The summed E-state index contributed by atoms with van der Waals surface area (Å²) in [7, 11) is 0. The molecule has 0 fully saturated rings. The number of aromatic nitrogens is 2. The first-order valence-electron chi connectivity index (χ1n) is 6.14. The van der Waals surface area contributed by atoms with Crippen molar-refractivity contribution in [2.45, 2.75) is 5.88 Å². The van der Waals surface area contributed by atoms with Crippen LogP contribution in [0, 0.1) is 0 Å². The minimum atomic E-state index is -0.158. The third-order valence-corrected chi connectivity index (χ3v) is 4.60. The molecule has 0 spiro atoms. The standard InChI is InChI=1S/C15H9BrCl2N2O/c16-11-6-5-9(7-12(11)18)20-14(8-17)19-13-4-2-1-3-10(13)15(20)21/h1-7H,8H2. The Morgan fingerprint density at radius 3 is 2.67 bits per heavy atom. The Morgan fingerprint density at radius 2 is 1.95 bits per heavy atom. The molecule has 21 heavy (non-hydrogen) atoms. The van der Waals surface area contributed by atoms with Crippen LogP contribution in [-0.4, -0.2) is 9.55 Å². The first-order chi connectivity index (χ1) is 10.1. The molecule has 0 saturated carbocycles.